The van der Waals surface area contributed by atoms with Gasteiger partial charge in [-0.1, -0.05) is 0 Å². The summed E-state index contributed by atoms with van der Waals surface area (Å²) in [5.74, 6) is -1.56. The maximum atomic E-state index is 12.3. The number of rotatable bonds is 6. The lowest BCUT2D eigenvalue weighted by Crippen LogP contribution is -2.42. The predicted molar refractivity (Wildman–Crippen MR) is 76.2 cm³/mol. The van der Waals surface area contributed by atoms with Crippen molar-refractivity contribution < 1.29 is 19.8 Å². The Morgan fingerprint density at radius 3 is 2.76 bits per heavy atom. The minimum absolute atomic E-state index is 0.00483. The first-order valence-corrected chi connectivity index (χ1v) is 7.15. The van der Waals surface area contributed by atoms with Gasteiger partial charge < -0.3 is 25.4 Å². The summed E-state index contributed by atoms with van der Waals surface area (Å²) < 4.78 is 1.91. The van der Waals surface area contributed by atoms with Gasteiger partial charge in [0.25, 0.3) is 5.91 Å². The van der Waals surface area contributed by atoms with Crippen LogP contribution in [0.15, 0.2) is 18.3 Å². The van der Waals surface area contributed by atoms with Crippen LogP contribution in [0.1, 0.15) is 35.8 Å². The van der Waals surface area contributed by atoms with Crippen LogP contribution in [0.25, 0.3) is 0 Å². The van der Waals surface area contributed by atoms with Crippen molar-refractivity contribution >= 4 is 11.9 Å². The van der Waals surface area contributed by atoms with E-state index in [1.807, 2.05) is 10.8 Å². The van der Waals surface area contributed by atoms with E-state index in [4.69, 9.17) is 10.2 Å². The highest BCUT2D eigenvalue weighted by Gasteiger charge is 2.24. The van der Waals surface area contributed by atoms with Gasteiger partial charge in [-0.15, -0.1) is 0 Å². The summed E-state index contributed by atoms with van der Waals surface area (Å²) in [6.45, 7) is 1.53. The fourth-order valence-electron chi connectivity index (χ4n) is 2.61. The maximum Gasteiger partial charge on any atom is 0.326 e. The number of aliphatic carboxylic acids is 1. The van der Waals surface area contributed by atoms with Crippen LogP contribution in [-0.4, -0.2) is 52.4 Å². The van der Waals surface area contributed by atoms with Gasteiger partial charge in [-0.3, -0.25) is 4.79 Å². The summed E-state index contributed by atoms with van der Waals surface area (Å²) in [6.07, 6.45) is 3.73. The molecule has 1 amide bonds. The van der Waals surface area contributed by atoms with Gasteiger partial charge in [-0.25, -0.2) is 4.79 Å². The molecule has 116 valence electrons. The number of carbonyl (C=O) groups is 2. The third kappa shape index (κ3) is 3.83. The highest BCUT2D eigenvalue weighted by Crippen LogP contribution is 2.21. The van der Waals surface area contributed by atoms with Crippen LogP contribution < -0.4 is 10.6 Å². The molecular formula is C14H21N3O4. The largest absolute Gasteiger partial charge is 0.480 e. The van der Waals surface area contributed by atoms with Gasteiger partial charge in [0.05, 0.1) is 0 Å². The lowest BCUT2D eigenvalue weighted by atomic mass is 10.1. The number of carboxylic acid groups (broad SMARTS) is 1. The van der Waals surface area contributed by atoms with Gasteiger partial charge >= 0.3 is 5.97 Å². The first-order valence-electron chi connectivity index (χ1n) is 7.15. The number of carbonyl (C=O) groups excluding carboxylic acids is 1. The average Bonchev–Trinajstić information content (AvgIpc) is 2.97. The molecule has 1 saturated heterocycles. The normalized spacial score (nSPS) is 17.4. The number of amides is 1. The van der Waals surface area contributed by atoms with Gasteiger partial charge in [0.1, 0.15) is 11.7 Å². The molecule has 2 rings (SSSR count). The highest BCUT2D eigenvalue weighted by atomic mass is 16.4. The third-order valence-corrected chi connectivity index (χ3v) is 3.73. The van der Waals surface area contributed by atoms with Crippen molar-refractivity contribution in [3.8, 4) is 0 Å². The molecule has 0 saturated carbocycles. The molecule has 0 aliphatic carbocycles. The summed E-state index contributed by atoms with van der Waals surface area (Å²) in [6, 6.07) is 2.66. The summed E-state index contributed by atoms with van der Waals surface area (Å²) in [5.41, 5.74) is 0.464. The molecule has 0 radical (unpaired) electrons. The second-order valence-electron chi connectivity index (χ2n) is 5.16. The molecule has 0 spiro atoms. The Morgan fingerprint density at radius 2 is 2.14 bits per heavy atom. The molecule has 1 aromatic heterocycles. The van der Waals surface area contributed by atoms with Crippen LogP contribution in [0.3, 0.4) is 0 Å². The number of nitrogens with one attached hydrogen (secondary N) is 2. The van der Waals surface area contributed by atoms with Crippen molar-refractivity contribution in [2.24, 2.45) is 0 Å². The smallest absolute Gasteiger partial charge is 0.326 e. The number of aliphatic hydroxyl groups is 1. The van der Waals surface area contributed by atoms with Crippen molar-refractivity contribution in [1.82, 2.24) is 15.2 Å². The number of hydrogen-bond acceptors (Lipinski definition) is 4. The second-order valence-corrected chi connectivity index (χ2v) is 5.16. The van der Waals surface area contributed by atoms with Crippen LogP contribution in [-0.2, 0) is 4.79 Å². The molecule has 1 aliphatic heterocycles. The second kappa shape index (κ2) is 7.24. The lowest BCUT2D eigenvalue weighted by Gasteiger charge is -2.26. The molecule has 1 fully saturated rings. The van der Waals surface area contributed by atoms with Crippen LogP contribution in [0, 0.1) is 0 Å². The molecule has 1 aromatic rings. The van der Waals surface area contributed by atoms with Gasteiger partial charge in [0.15, 0.2) is 0 Å². The Bertz CT molecular complexity index is 494. The van der Waals surface area contributed by atoms with E-state index < -0.39 is 17.9 Å². The highest BCUT2D eigenvalue weighted by molar-refractivity contribution is 5.95. The molecule has 4 N–H and O–H groups in total. The first-order chi connectivity index (χ1) is 10.1. The number of piperidine rings is 1. The lowest BCUT2D eigenvalue weighted by molar-refractivity contribution is -0.139. The maximum absolute atomic E-state index is 12.3. The quantitative estimate of drug-likeness (QED) is 0.590. The summed E-state index contributed by atoms with van der Waals surface area (Å²) in [5, 5.41) is 23.6. The van der Waals surface area contributed by atoms with E-state index in [1.54, 1.807) is 12.1 Å². The van der Waals surface area contributed by atoms with E-state index in [0.29, 0.717) is 5.69 Å². The molecule has 1 aliphatic rings. The third-order valence-electron chi connectivity index (χ3n) is 3.73. The SMILES string of the molecule is O=C(NC(CCO)C(=O)O)c1cccn1C1CCNCC1. The molecule has 0 bridgehead atoms. The first kappa shape index (κ1) is 15.5. The molecule has 1 unspecified atom stereocenters. The van der Waals surface area contributed by atoms with E-state index in [-0.39, 0.29) is 19.1 Å². The molecule has 21 heavy (non-hydrogen) atoms. The number of carboxylic acids is 1. The minimum Gasteiger partial charge on any atom is -0.480 e. The summed E-state index contributed by atoms with van der Waals surface area (Å²) in [4.78, 5) is 23.3. The zero-order chi connectivity index (χ0) is 15.2. The summed E-state index contributed by atoms with van der Waals surface area (Å²) >= 11 is 0. The fourth-order valence-corrected chi connectivity index (χ4v) is 2.61. The predicted octanol–water partition coefficient (Wildman–Crippen LogP) is -0.0220. The average molecular weight is 295 g/mol. The Kier molecular flexibility index (Phi) is 5.35. The Labute approximate surface area is 123 Å². The Balaban J connectivity index is 2.08. The van der Waals surface area contributed by atoms with Gasteiger partial charge in [0.2, 0.25) is 0 Å². The van der Waals surface area contributed by atoms with E-state index >= 15 is 0 Å². The molecule has 2 heterocycles. The van der Waals surface area contributed by atoms with Crippen molar-refractivity contribution in [2.45, 2.75) is 31.3 Å². The monoisotopic (exact) mass is 295 g/mol. The number of aromatic nitrogens is 1. The van der Waals surface area contributed by atoms with Crippen molar-refractivity contribution in [3.05, 3.63) is 24.0 Å². The van der Waals surface area contributed by atoms with Crippen LogP contribution in [0.2, 0.25) is 0 Å². The molecule has 7 heteroatoms. The van der Waals surface area contributed by atoms with Crippen molar-refractivity contribution in [2.75, 3.05) is 19.7 Å². The van der Waals surface area contributed by atoms with Crippen LogP contribution in [0.4, 0.5) is 0 Å². The van der Waals surface area contributed by atoms with E-state index in [2.05, 4.69) is 10.6 Å². The van der Waals surface area contributed by atoms with Crippen LogP contribution >= 0.6 is 0 Å². The number of hydrogen-bond donors (Lipinski definition) is 4. The van der Waals surface area contributed by atoms with Gasteiger partial charge in [0, 0.05) is 25.3 Å². The number of aliphatic hydroxyl groups excluding tert-OH is 1. The molecule has 0 aromatic carbocycles. The van der Waals surface area contributed by atoms with Gasteiger partial charge in [-0.2, -0.15) is 0 Å². The zero-order valence-electron chi connectivity index (χ0n) is 11.8. The summed E-state index contributed by atoms with van der Waals surface area (Å²) in [7, 11) is 0. The van der Waals surface area contributed by atoms with E-state index in [1.165, 1.54) is 0 Å². The number of nitrogens with zero attached hydrogens (tertiary/aromatic N) is 1. The van der Waals surface area contributed by atoms with Crippen molar-refractivity contribution in [1.29, 1.82) is 0 Å². The zero-order valence-corrected chi connectivity index (χ0v) is 11.8. The minimum atomic E-state index is -1.14. The molecule has 7 nitrogen and oxygen atoms in total. The Morgan fingerprint density at radius 1 is 1.43 bits per heavy atom. The fraction of sp³-hybridized carbons (Fsp3) is 0.571. The Hall–Kier alpha value is -1.86. The molecular weight excluding hydrogens is 274 g/mol. The molecule has 1 atom stereocenters. The standard InChI is InChI=1S/C14H21N3O4/c18-9-5-11(14(20)21)16-13(19)12-2-1-8-17(12)10-3-6-15-7-4-10/h1-2,8,10-11,15,18H,3-7,9H2,(H,16,19)(H,20,21). The van der Waals surface area contributed by atoms with Crippen LogP contribution in [0.5, 0.6) is 0 Å². The van der Waals surface area contributed by atoms with E-state index in [0.717, 1.165) is 25.9 Å². The van der Waals surface area contributed by atoms with E-state index in [9.17, 15) is 9.59 Å². The topological polar surface area (TPSA) is 104 Å². The van der Waals surface area contributed by atoms with Gasteiger partial charge in [-0.05, 0) is 38.1 Å². The van der Waals surface area contributed by atoms with Crippen molar-refractivity contribution in [3.63, 3.8) is 0 Å².